The van der Waals surface area contributed by atoms with E-state index in [0.29, 0.717) is 0 Å². The summed E-state index contributed by atoms with van der Waals surface area (Å²) in [6.45, 7) is -6.97. The van der Waals surface area contributed by atoms with Gasteiger partial charge in [0.1, 0.15) is 23.2 Å². The molecule has 0 bridgehead atoms. The molecule has 0 heterocycles. The van der Waals surface area contributed by atoms with Crippen LogP contribution in [0.25, 0.3) is 0 Å². The number of nitrogen functional groups attached to an aromatic ring is 2. The third-order valence-electron chi connectivity index (χ3n) is 2.90. The van der Waals surface area contributed by atoms with Gasteiger partial charge in [0.2, 0.25) is 0 Å². The van der Waals surface area contributed by atoms with Gasteiger partial charge >= 0.3 is 0 Å². The fourth-order valence-corrected chi connectivity index (χ4v) is 1.66. The van der Waals surface area contributed by atoms with E-state index in [-0.39, 0.29) is 34.3 Å². The van der Waals surface area contributed by atoms with Crippen LogP contribution in [0.4, 0.5) is 0 Å². The van der Waals surface area contributed by atoms with Crippen molar-refractivity contribution in [1.82, 2.24) is 0 Å². The van der Waals surface area contributed by atoms with Gasteiger partial charge in [0.05, 0.1) is 18.6 Å². The van der Waals surface area contributed by atoms with Crippen LogP contribution in [-0.4, -0.2) is 24.8 Å². The molecule has 0 spiro atoms. The first-order valence-electron chi connectivity index (χ1n) is 12.0. The number of ether oxygens (including phenoxy) is 2. The molecule has 132 valence electrons. The Hall–Kier alpha value is -3.02. The fraction of sp³-hybridized carbons (Fsp3) is 0.263. The second-order valence-electron chi connectivity index (χ2n) is 4.66. The van der Waals surface area contributed by atoms with E-state index in [0.717, 1.165) is 0 Å². The molecule has 0 aliphatic heterocycles. The van der Waals surface area contributed by atoms with Crippen molar-refractivity contribution in [2.75, 3.05) is 13.1 Å². The molecule has 0 unspecified atom stereocenters. The third-order valence-corrected chi connectivity index (χ3v) is 2.90. The SMILES string of the molecule is [2H]C([2H])(Oc1ccc(C(=N)N)cc1)C([2H])([2H])C([2H])([2H])C([2H])([2H])C([2H])([2H])Oc1ccc(C(=N)N)cc1. The first-order chi connectivity index (χ1) is 15.8. The lowest BCUT2D eigenvalue weighted by molar-refractivity contribution is 0.279. The summed E-state index contributed by atoms with van der Waals surface area (Å²) >= 11 is 0. The highest BCUT2D eigenvalue weighted by Gasteiger charge is 1.99. The Morgan fingerprint density at radius 1 is 0.720 bits per heavy atom. The molecule has 6 nitrogen and oxygen atoms in total. The van der Waals surface area contributed by atoms with Gasteiger partial charge in [-0.3, -0.25) is 10.8 Å². The lowest BCUT2D eigenvalue weighted by atomic mass is 10.2. The Bertz CT molecular complexity index is 1000. The minimum Gasteiger partial charge on any atom is -0.494 e. The van der Waals surface area contributed by atoms with E-state index in [4.69, 9.17) is 45.5 Å². The Morgan fingerprint density at radius 3 is 1.40 bits per heavy atom. The molecule has 0 fully saturated rings. The maximum atomic E-state index is 8.14. The summed E-state index contributed by atoms with van der Waals surface area (Å²) in [5.74, 6) is -1.08. The molecule has 0 saturated carbocycles. The van der Waals surface area contributed by atoms with Crippen LogP contribution in [0.3, 0.4) is 0 Å². The maximum Gasteiger partial charge on any atom is 0.122 e. The van der Waals surface area contributed by atoms with Gasteiger partial charge < -0.3 is 20.9 Å². The molecule has 2 aromatic rings. The van der Waals surface area contributed by atoms with E-state index in [9.17, 15) is 0 Å². The van der Waals surface area contributed by atoms with Crippen LogP contribution in [0, 0.1) is 10.8 Å². The fourth-order valence-electron chi connectivity index (χ4n) is 1.66. The molecule has 0 radical (unpaired) electrons. The first kappa shape index (κ1) is 8.89. The van der Waals surface area contributed by atoms with Gasteiger partial charge in [0.15, 0.2) is 0 Å². The lowest BCUT2D eigenvalue weighted by Gasteiger charge is -2.08. The van der Waals surface area contributed by atoms with Crippen molar-refractivity contribution < 1.29 is 23.2 Å². The summed E-state index contributed by atoms with van der Waals surface area (Å²) in [6.07, 6.45) is -11.3. The second kappa shape index (κ2) is 9.32. The minimum absolute atomic E-state index is 0.259. The molecule has 0 saturated heterocycles. The summed E-state index contributed by atoms with van der Waals surface area (Å²) in [4.78, 5) is 0. The van der Waals surface area contributed by atoms with Crippen LogP contribution >= 0.6 is 0 Å². The molecule has 6 N–H and O–H groups in total. The van der Waals surface area contributed by atoms with E-state index >= 15 is 0 Å². The zero-order chi connectivity index (χ0) is 27.0. The Labute approximate surface area is 161 Å². The second-order valence-corrected chi connectivity index (χ2v) is 4.66. The van der Waals surface area contributed by atoms with E-state index in [1.54, 1.807) is 0 Å². The average molecular weight is 350 g/mol. The van der Waals surface area contributed by atoms with Gasteiger partial charge in [-0.15, -0.1) is 0 Å². The minimum atomic E-state index is -3.84. The Balaban J connectivity index is 2.35. The molecular formula is C19H24N4O2. The predicted molar refractivity (Wildman–Crippen MR) is 99.8 cm³/mol. The van der Waals surface area contributed by atoms with E-state index < -0.39 is 32.2 Å². The zero-order valence-electron chi connectivity index (χ0n) is 23.1. The number of rotatable bonds is 10. The van der Waals surface area contributed by atoms with Crippen molar-refractivity contribution in [1.29, 1.82) is 10.8 Å². The van der Waals surface area contributed by atoms with Gasteiger partial charge in [-0.25, -0.2) is 0 Å². The van der Waals surface area contributed by atoms with Crippen LogP contribution in [-0.2, 0) is 0 Å². The number of hydrogen-bond acceptors (Lipinski definition) is 4. The molecular weight excluding hydrogens is 316 g/mol. The standard InChI is InChI=1S/C19H24N4O2/c20-18(21)14-4-8-16(9-5-14)24-12-2-1-3-13-25-17-10-6-15(7-11-17)19(22)23/h4-11H,1-3,12-13H2,(H3,20,21)(H3,22,23)/i1D2,2D2,3D2,12D2,13D2. The van der Waals surface area contributed by atoms with Crippen LogP contribution in [0.15, 0.2) is 48.5 Å². The zero-order valence-corrected chi connectivity index (χ0v) is 13.1. The van der Waals surface area contributed by atoms with Gasteiger partial charge in [-0.1, -0.05) is 0 Å². The number of amidine groups is 2. The molecule has 0 aliphatic carbocycles. The normalized spacial score (nSPS) is 19.0. The average Bonchev–Trinajstić information content (AvgIpc) is 2.73. The summed E-state index contributed by atoms with van der Waals surface area (Å²) in [6, 6.07) is 9.85. The summed E-state index contributed by atoms with van der Waals surface area (Å²) in [5, 5.41) is 14.7. The highest BCUT2D eigenvalue weighted by Crippen LogP contribution is 2.14. The van der Waals surface area contributed by atoms with Crippen molar-refractivity contribution in [3.63, 3.8) is 0 Å². The Morgan fingerprint density at radius 2 is 1.08 bits per heavy atom. The largest absolute Gasteiger partial charge is 0.494 e. The monoisotopic (exact) mass is 350 g/mol. The Kier molecular flexibility index (Phi) is 3.32. The molecule has 0 atom stereocenters. The summed E-state index contributed by atoms with van der Waals surface area (Å²) in [7, 11) is 0. The van der Waals surface area contributed by atoms with Crippen LogP contribution < -0.4 is 20.9 Å². The first-order valence-corrected chi connectivity index (χ1v) is 7.04. The van der Waals surface area contributed by atoms with Crippen LogP contribution in [0.5, 0.6) is 11.5 Å². The molecule has 0 aliphatic rings. The number of nitrogens with two attached hydrogens (primary N) is 2. The topological polar surface area (TPSA) is 118 Å². The molecule has 0 aromatic heterocycles. The van der Waals surface area contributed by atoms with Gasteiger partial charge in [0.25, 0.3) is 0 Å². The molecule has 2 aromatic carbocycles. The predicted octanol–water partition coefficient (Wildman–Crippen LogP) is 2.88. The van der Waals surface area contributed by atoms with Crippen molar-refractivity contribution >= 4 is 11.7 Å². The summed E-state index contributed by atoms with van der Waals surface area (Å²) < 4.78 is 90.9. The van der Waals surface area contributed by atoms with Crippen molar-refractivity contribution in [2.24, 2.45) is 11.5 Å². The quantitative estimate of drug-likeness (QED) is 0.389. The molecule has 6 heteroatoms. The number of nitrogens with one attached hydrogen (secondary N) is 2. The van der Waals surface area contributed by atoms with Gasteiger partial charge in [0, 0.05) is 19.4 Å². The smallest absolute Gasteiger partial charge is 0.122 e. The van der Waals surface area contributed by atoms with Crippen molar-refractivity contribution in [2.45, 2.75) is 19.1 Å². The lowest BCUT2D eigenvalue weighted by Crippen LogP contribution is -2.10. The van der Waals surface area contributed by atoms with Crippen LogP contribution in [0.2, 0.25) is 0 Å². The molecule has 0 amide bonds. The third kappa shape index (κ3) is 6.18. The van der Waals surface area contributed by atoms with Crippen LogP contribution in [0.1, 0.15) is 44.0 Å². The van der Waals surface area contributed by atoms with E-state index in [2.05, 4.69) is 0 Å². The number of hydrogen-bond donors (Lipinski definition) is 4. The molecule has 2 rings (SSSR count). The summed E-state index contributed by atoms with van der Waals surface area (Å²) in [5.41, 5.74) is 11.2. The highest BCUT2D eigenvalue weighted by atomic mass is 16.5. The molecule has 25 heavy (non-hydrogen) atoms. The van der Waals surface area contributed by atoms with E-state index in [1.807, 2.05) is 0 Å². The van der Waals surface area contributed by atoms with Gasteiger partial charge in [-0.05, 0) is 67.6 Å². The van der Waals surface area contributed by atoms with Crippen molar-refractivity contribution in [3.05, 3.63) is 59.7 Å². The van der Waals surface area contributed by atoms with Crippen molar-refractivity contribution in [3.8, 4) is 11.5 Å². The highest BCUT2D eigenvalue weighted by molar-refractivity contribution is 5.95. The van der Waals surface area contributed by atoms with Gasteiger partial charge in [-0.2, -0.15) is 0 Å². The maximum absolute atomic E-state index is 8.14. The van der Waals surface area contributed by atoms with E-state index in [1.165, 1.54) is 48.5 Å². The number of benzene rings is 2.